The molecular formula is C17H28N4O3. The molecule has 0 aromatic carbocycles. The number of likely N-dealkylation sites (N-methyl/N-ethyl adjacent to an activating group) is 1. The lowest BCUT2D eigenvalue weighted by Crippen LogP contribution is -2.50. The monoisotopic (exact) mass is 336 g/mol. The van der Waals surface area contributed by atoms with E-state index in [1.165, 1.54) is 0 Å². The smallest absolute Gasteiger partial charge is 0.327 e. The Labute approximate surface area is 143 Å². The zero-order valence-corrected chi connectivity index (χ0v) is 14.7. The maximum atomic E-state index is 12.9. The van der Waals surface area contributed by atoms with Gasteiger partial charge in [-0.2, -0.15) is 0 Å². The Morgan fingerprint density at radius 1 is 1.12 bits per heavy atom. The van der Waals surface area contributed by atoms with Gasteiger partial charge in [-0.25, -0.2) is 4.79 Å². The summed E-state index contributed by atoms with van der Waals surface area (Å²) in [6.07, 6.45) is 6.26. The largest absolute Gasteiger partial charge is 0.352 e. The van der Waals surface area contributed by atoms with Gasteiger partial charge < -0.3 is 15.1 Å². The fourth-order valence-electron chi connectivity index (χ4n) is 4.24. The molecule has 2 heterocycles. The predicted octanol–water partition coefficient (Wildman–Crippen LogP) is 0.794. The zero-order chi connectivity index (χ0) is 17.3. The van der Waals surface area contributed by atoms with E-state index >= 15 is 0 Å². The topological polar surface area (TPSA) is 73.0 Å². The van der Waals surface area contributed by atoms with Crippen molar-refractivity contribution in [3.8, 4) is 0 Å². The highest BCUT2D eigenvalue weighted by atomic mass is 16.2. The van der Waals surface area contributed by atoms with Gasteiger partial charge in [-0.1, -0.05) is 19.3 Å². The van der Waals surface area contributed by atoms with E-state index in [1.54, 1.807) is 11.9 Å². The number of imide groups is 1. The van der Waals surface area contributed by atoms with Crippen molar-refractivity contribution in [3.63, 3.8) is 0 Å². The summed E-state index contributed by atoms with van der Waals surface area (Å²) in [5.41, 5.74) is -0.705. The van der Waals surface area contributed by atoms with E-state index < -0.39 is 5.54 Å². The maximum absolute atomic E-state index is 12.9. The third kappa shape index (κ3) is 3.01. The summed E-state index contributed by atoms with van der Waals surface area (Å²) in [5.74, 6) is -0.416. The second kappa shape index (κ2) is 6.70. The number of rotatable bonds is 3. The average Bonchev–Trinajstić information content (AvgIpc) is 2.74. The second-order valence-corrected chi connectivity index (χ2v) is 7.47. The lowest BCUT2D eigenvalue weighted by atomic mass is 9.81. The van der Waals surface area contributed by atoms with Gasteiger partial charge in [0.1, 0.15) is 12.1 Å². The van der Waals surface area contributed by atoms with Crippen LogP contribution in [0.4, 0.5) is 4.79 Å². The van der Waals surface area contributed by atoms with Gasteiger partial charge in [-0.15, -0.1) is 0 Å². The molecule has 0 aromatic heterocycles. The first-order valence-corrected chi connectivity index (χ1v) is 9.02. The molecule has 0 aromatic rings. The minimum Gasteiger partial charge on any atom is -0.352 e. The first-order valence-electron chi connectivity index (χ1n) is 9.02. The van der Waals surface area contributed by atoms with Gasteiger partial charge in [0.2, 0.25) is 5.91 Å². The first kappa shape index (κ1) is 17.2. The molecule has 2 saturated heterocycles. The lowest BCUT2D eigenvalue weighted by Gasteiger charge is -2.35. The van der Waals surface area contributed by atoms with Gasteiger partial charge >= 0.3 is 6.03 Å². The standard InChI is InChI=1S/C17H28N4O3/c1-19-10-6-13(7-11-19)18-14(22)12-21-15(23)17(20(2)16(21)24)8-4-3-5-9-17/h13H,3-12H2,1-2H3,(H,18,22). The Kier molecular flexibility index (Phi) is 4.80. The summed E-state index contributed by atoms with van der Waals surface area (Å²) in [6, 6.07) is -0.191. The van der Waals surface area contributed by atoms with Crippen molar-refractivity contribution < 1.29 is 14.4 Å². The molecule has 2 aliphatic heterocycles. The van der Waals surface area contributed by atoms with E-state index in [9.17, 15) is 14.4 Å². The van der Waals surface area contributed by atoms with Crippen LogP contribution in [-0.4, -0.2) is 77.9 Å². The molecule has 1 spiro atoms. The quantitative estimate of drug-likeness (QED) is 0.774. The average molecular weight is 336 g/mol. The van der Waals surface area contributed by atoms with Crippen LogP contribution in [0.5, 0.6) is 0 Å². The van der Waals surface area contributed by atoms with Crippen LogP contribution in [0.25, 0.3) is 0 Å². The number of urea groups is 1. The van der Waals surface area contributed by atoms with Crippen molar-refractivity contribution in [2.45, 2.75) is 56.5 Å². The van der Waals surface area contributed by atoms with Gasteiger partial charge in [0.25, 0.3) is 5.91 Å². The summed E-state index contributed by atoms with van der Waals surface area (Å²) in [7, 11) is 3.76. The van der Waals surface area contributed by atoms with E-state index in [0.29, 0.717) is 12.8 Å². The Balaban J connectivity index is 1.61. The van der Waals surface area contributed by atoms with Crippen LogP contribution < -0.4 is 5.32 Å². The maximum Gasteiger partial charge on any atom is 0.327 e. The van der Waals surface area contributed by atoms with Crippen LogP contribution in [0.15, 0.2) is 0 Å². The number of amides is 4. The molecule has 0 radical (unpaired) electrons. The summed E-state index contributed by atoms with van der Waals surface area (Å²) < 4.78 is 0. The van der Waals surface area contributed by atoms with Gasteiger partial charge in [-0.3, -0.25) is 14.5 Å². The minimum atomic E-state index is -0.705. The highest BCUT2D eigenvalue weighted by Gasteiger charge is 2.55. The minimum absolute atomic E-state index is 0.142. The van der Waals surface area contributed by atoms with Crippen LogP contribution in [0.2, 0.25) is 0 Å². The Morgan fingerprint density at radius 2 is 1.75 bits per heavy atom. The van der Waals surface area contributed by atoms with Crippen molar-refractivity contribution >= 4 is 17.8 Å². The molecule has 0 atom stereocenters. The number of nitrogens with one attached hydrogen (secondary N) is 1. The molecule has 1 aliphatic carbocycles. The van der Waals surface area contributed by atoms with Crippen molar-refractivity contribution in [2.75, 3.05) is 33.7 Å². The molecule has 1 N–H and O–H groups in total. The Hall–Kier alpha value is -1.63. The lowest BCUT2D eigenvalue weighted by molar-refractivity contribution is -0.137. The number of nitrogens with zero attached hydrogens (tertiary/aromatic N) is 3. The fourth-order valence-corrected chi connectivity index (χ4v) is 4.24. The molecule has 1 saturated carbocycles. The van der Waals surface area contributed by atoms with E-state index in [4.69, 9.17) is 0 Å². The Morgan fingerprint density at radius 3 is 2.38 bits per heavy atom. The van der Waals surface area contributed by atoms with E-state index in [-0.39, 0.29) is 30.4 Å². The summed E-state index contributed by atoms with van der Waals surface area (Å²) >= 11 is 0. The second-order valence-electron chi connectivity index (χ2n) is 7.47. The molecular weight excluding hydrogens is 308 g/mol. The fraction of sp³-hybridized carbons (Fsp3) is 0.824. The van der Waals surface area contributed by atoms with Crippen LogP contribution in [0.3, 0.4) is 0 Å². The molecule has 3 aliphatic rings. The summed E-state index contributed by atoms with van der Waals surface area (Å²) in [5, 5.41) is 2.98. The molecule has 7 nitrogen and oxygen atoms in total. The van der Waals surface area contributed by atoms with Crippen molar-refractivity contribution in [1.29, 1.82) is 0 Å². The number of carbonyl (C=O) groups excluding carboxylic acids is 3. The predicted molar refractivity (Wildman–Crippen MR) is 89.3 cm³/mol. The van der Waals surface area contributed by atoms with Crippen LogP contribution in [0, 0.1) is 0 Å². The van der Waals surface area contributed by atoms with Crippen LogP contribution in [0.1, 0.15) is 44.9 Å². The third-order valence-electron chi connectivity index (χ3n) is 5.87. The molecule has 3 rings (SSSR count). The first-order chi connectivity index (χ1) is 11.4. The molecule has 24 heavy (non-hydrogen) atoms. The highest BCUT2D eigenvalue weighted by Crippen LogP contribution is 2.39. The van der Waals surface area contributed by atoms with E-state index in [1.807, 2.05) is 0 Å². The zero-order valence-electron chi connectivity index (χ0n) is 14.7. The number of hydrogen-bond donors (Lipinski definition) is 1. The molecule has 0 bridgehead atoms. The molecule has 7 heteroatoms. The molecule has 0 unspecified atom stereocenters. The normalized spacial score (nSPS) is 25.6. The van der Waals surface area contributed by atoms with Gasteiger partial charge in [0, 0.05) is 13.1 Å². The molecule has 3 fully saturated rings. The third-order valence-corrected chi connectivity index (χ3v) is 5.87. The highest BCUT2D eigenvalue weighted by molar-refractivity contribution is 6.08. The molecule has 4 amide bonds. The number of piperidine rings is 1. The van der Waals surface area contributed by atoms with Gasteiger partial charge in [0.15, 0.2) is 0 Å². The van der Waals surface area contributed by atoms with Crippen molar-refractivity contribution in [3.05, 3.63) is 0 Å². The summed E-state index contributed by atoms with van der Waals surface area (Å²) in [4.78, 5) is 42.6. The summed E-state index contributed by atoms with van der Waals surface area (Å²) in [6.45, 7) is 1.76. The van der Waals surface area contributed by atoms with Crippen LogP contribution >= 0.6 is 0 Å². The SMILES string of the molecule is CN1CCC(NC(=O)CN2C(=O)N(C)C3(CCCCC3)C2=O)CC1. The van der Waals surface area contributed by atoms with Crippen LogP contribution in [-0.2, 0) is 9.59 Å². The Bertz CT molecular complexity index is 522. The number of hydrogen-bond acceptors (Lipinski definition) is 4. The molecule has 134 valence electrons. The van der Waals surface area contributed by atoms with E-state index in [2.05, 4.69) is 17.3 Å². The van der Waals surface area contributed by atoms with Gasteiger partial charge in [0.05, 0.1) is 0 Å². The number of likely N-dealkylation sites (tertiary alicyclic amines) is 1. The van der Waals surface area contributed by atoms with Gasteiger partial charge in [-0.05, 0) is 45.8 Å². The van der Waals surface area contributed by atoms with E-state index in [0.717, 1.165) is 50.1 Å². The van der Waals surface area contributed by atoms with Crippen molar-refractivity contribution in [2.24, 2.45) is 0 Å². The van der Waals surface area contributed by atoms with Crippen molar-refractivity contribution in [1.82, 2.24) is 20.0 Å². The number of carbonyl (C=O) groups is 3.